The molecule has 34 heavy (non-hydrogen) atoms. The van der Waals surface area contributed by atoms with E-state index in [-0.39, 0.29) is 11.8 Å². The van der Waals surface area contributed by atoms with E-state index in [0.29, 0.717) is 24.6 Å². The number of para-hydroxylation sites is 2. The number of fused-ring (bicyclic) bond motifs is 1. The van der Waals surface area contributed by atoms with E-state index < -0.39 is 0 Å². The SMILES string of the molecule is Cc1ccc(C)c(OCCCn2c(C3CC(=O)N(c4ccc(Cl)cc4)C3)nc3ccccc32)c1. The summed E-state index contributed by atoms with van der Waals surface area (Å²) in [5.74, 6) is 2.06. The molecule has 0 spiro atoms. The predicted octanol–water partition coefficient (Wildman–Crippen LogP) is 6.30. The van der Waals surface area contributed by atoms with Crippen LogP contribution in [0.5, 0.6) is 5.75 Å². The highest BCUT2D eigenvalue weighted by Gasteiger charge is 2.34. The van der Waals surface area contributed by atoms with E-state index in [2.05, 4.69) is 42.7 Å². The van der Waals surface area contributed by atoms with Crippen LogP contribution >= 0.6 is 11.6 Å². The summed E-state index contributed by atoms with van der Waals surface area (Å²) in [4.78, 5) is 19.7. The fraction of sp³-hybridized carbons (Fsp3) is 0.286. The minimum absolute atomic E-state index is 0.0375. The van der Waals surface area contributed by atoms with Gasteiger partial charge in [0, 0.05) is 36.1 Å². The first-order valence-electron chi connectivity index (χ1n) is 11.7. The lowest BCUT2D eigenvalue weighted by molar-refractivity contribution is -0.117. The number of hydrogen-bond donors (Lipinski definition) is 0. The Hall–Kier alpha value is -3.31. The second-order valence-electron chi connectivity index (χ2n) is 8.96. The standard InChI is InChI=1S/C28H28ClN3O2/c1-19-8-9-20(2)26(16-19)34-15-5-14-31-25-7-4-3-6-24(25)30-28(31)21-17-27(33)32(18-21)23-12-10-22(29)11-13-23/h3-4,6-13,16,21H,5,14-15,17-18H2,1-2H3. The van der Waals surface area contributed by atoms with Crippen LogP contribution in [0.1, 0.15) is 35.7 Å². The lowest BCUT2D eigenvalue weighted by atomic mass is 10.1. The zero-order valence-electron chi connectivity index (χ0n) is 19.5. The molecule has 5 rings (SSSR count). The molecule has 1 aliphatic heterocycles. The van der Waals surface area contributed by atoms with Crippen LogP contribution in [0, 0.1) is 13.8 Å². The van der Waals surface area contributed by atoms with Gasteiger partial charge in [-0.1, -0.05) is 35.9 Å². The first-order chi connectivity index (χ1) is 16.5. The van der Waals surface area contributed by atoms with E-state index in [9.17, 15) is 4.79 Å². The zero-order chi connectivity index (χ0) is 23.7. The maximum atomic E-state index is 12.9. The Morgan fingerprint density at radius 2 is 1.85 bits per heavy atom. The van der Waals surface area contributed by atoms with E-state index in [1.165, 1.54) is 5.56 Å². The Morgan fingerprint density at radius 3 is 2.68 bits per heavy atom. The zero-order valence-corrected chi connectivity index (χ0v) is 20.3. The molecule has 0 aliphatic carbocycles. The summed E-state index contributed by atoms with van der Waals surface area (Å²) >= 11 is 6.03. The van der Waals surface area contributed by atoms with Crippen molar-refractivity contribution in [2.45, 2.75) is 39.2 Å². The van der Waals surface area contributed by atoms with Crippen molar-refractivity contribution in [1.82, 2.24) is 9.55 Å². The van der Waals surface area contributed by atoms with E-state index in [0.717, 1.165) is 46.8 Å². The number of carbonyl (C=O) groups excluding carboxylic acids is 1. The average molecular weight is 474 g/mol. The van der Waals surface area contributed by atoms with Crippen molar-refractivity contribution in [3.63, 3.8) is 0 Å². The number of carbonyl (C=O) groups is 1. The third-order valence-corrected chi connectivity index (χ3v) is 6.69. The van der Waals surface area contributed by atoms with Gasteiger partial charge in [-0.3, -0.25) is 4.79 Å². The molecule has 0 saturated carbocycles. The summed E-state index contributed by atoms with van der Waals surface area (Å²) in [6.07, 6.45) is 1.30. The van der Waals surface area contributed by atoms with Crippen LogP contribution in [0.3, 0.4) is 0 Å². The molecule has 5 nitrogen and oxygen atoms in total. The van der Waals surface area contributed by atoms with Gasteiger partial charge in [-0.25, -0.2) is 4.98 Å². The molecule has 2 heterocycles. The Morgan fingerprint density at radius 1 is 1.06 bits per heavy atom. The number of hydrogen-bond acceptors (Lipinski definition) is 3. The monoisotopic (exact) mass is 473 g/mol. The maximum absolute atomic E-state index is 12.9. The van der Waals surface area contributed by atoms with Crippen LogP contribution in [-0.4, -0.2) is 28.6 Å². The summed E-state index contributed by atoms with van der Waals surface area (Å²) in [5, 5.41) is 0.664. The molecule has 6 heteroatoms. The third-order valence-electron chi connectivity index (χ3n) is 6.44. The van der Waals surface area contributed by atoms with Gasteiger partial charge in [0.2, 0.25) is 5.91 Å². The van der Waals surface area contributed by atoms with Crippen LogP contribution in [0.25, 0.3) is 11.0 Å². The number of amides is 1. The minimum Gasteiger partial charge on any atom is -0.493 e. The number of rotatable bonds is 7. The lowest BCUT2D eigenvalue weighted by Gasteiger charge is -2.18. The molecule has 1 saturated heterocycles. The minimum atomic E-state index is 0.0375. The van der Waals surface area contributed by atoms with Gasteiger partial charge in [0.25, 0.3) is 0 Å². The molecule has 1 unspecified atom stereocenters. The number of aromatic nitrogens is 2. The van der Waals surface area contributed by atoms with Gasteiger partial charge in [-0.2, -0.15) is 0 Å². The molecule has 1 aliphatic rings. The first-order valence-corrected chi connectivity index (χ1v) is 12.1. The van der Waals surface area contributed by atoms with Crippen LogP contribution < -0.4 is 9.64 Å². The highest BCUT2D eigenvalue weighted by atomic mass is 35.5. The number of nitrogens with zero attached hydrogens (tertiary/aromatic N) is 3. The molecule has 1 aromatic heterocycles. The number of benzene rings is 3. The quantitative estimate of drug-likeness (QED) is 0.296. The molecule has 0 radical (unpaired) electrons. The molecule has 1 atom stereocenters. The third kappa shape index (κ3) is 4.53. The lowest BCUT2D eigenvalue weighted by Crippen LogP contribution is -2.24. The van der Waals surface area contributed by atoms with Gasteiger partial charge >= 0.3 is 0 Å². The molecule has 1 amide bonds. The van der Waals surface area contributed by atoms with Crippen molar-refractivity contribution in [2.24, 2.45) is 0 Å². The summed E-state index contributed by atoms with van der Waals surface area (Å²) in [5.41, 5.74) is 5.28. The molecule has 4 aromatic rings. The highest BCUT2D eigenvalue weighted by Crippen LogP contribution is 2.33. The Labute approximate surface area is 204 Å². The topological polar surface area (TPSA) is 47.4 Å². The summed E-state index contributed by atoms with van der Waals surface area (Å²) < 4.78 is 8.36. The van der Waals surface area contributed by atoms with Gasteiger partial charge < -0.3 is 14.2 Å². The maximum Gasteiger partial charge on any atom is 0.227 e. The summed E-state index contributed by atoms with van der Waals surface area (Å²) in [6.45, 7) is 6.16. The highest BCUT2D eigenvalue weighted by molar-refractivity contribution is 6.30. The fourth-order valence-electron chi connectivity index (χ4n) is 4.66. The van der Waals surface area contributed by atoms with Gasteiger partial charge in [0.05, 0.1) is 17.6 Å². The molecular formula is C28H28ClN3O2. The fourth-order valence-corrected chi connectivity index (χ4v) is 4.79. The molecule has 0 N–H and O–H groups in total. The Kier molecular flexibility index (Phi) is 6.29. The van der Waals surface area contributed by atoms with E-state index in [4.69, 9.17) is 21.3 Å². The van der Waals surface area contributed by atoms with Crippen LogP contribution in [0.2, 0.25) is 5.02 Å². The summed E-state index contributed by atoms with van der Waals surface area (Å²) in [6, 6.07) is 21.9. The van der Waals surface area contributed by atoms with Crippen molar-refractivity contribution in [1.29, 1.82) is 0 Å². The predicted molar refractivity (Wildman–Crippen MR) is 137 cm³/mol. The second-order valence-corrected chi connectivity index (χ2v) is 9.40. The van der Waals surface area contributed by atoms with Gasteiger partial charge in [-0.05, 0) is 73.9 Å². The molecule has 3 aromatic carbocycles. The number of anilines is 1. The molecule has 1 fully saturated rings. The largest absolute Gasteiger partial charge is 0.493 e. The van der Waals surface area contributed by atoms with Crippen molar-refractivity contribution in [2.75, 3.05) is 18.1 Å². The summed E-state index contributed by atoms with van der Waals surface area (Å²) in [7, 11) is 0. The van der Waals surface area contributed by atoms with Crippen molar-refractivity contribution < 1.29 is 9.53 Å². The number of halogens is 1. The average Bonchev–Trinajstić information content (AvgIpc) is 3.40. The normalized spacial score (nSPS) is 15.9. The molecule has 174 valence electrons. The molecule has 0 bridgehead atoms. The van der Waals surface area contributed by atoms with Gasteiger partial charge in [-0.15, -0.1) is 0 Å². The van der Waals surface area contributed by atoms with Crippen LogP contribution in [0.15, 0.2) is 66.7 Å². The van der Waals surface area contributed by atoms with Crippen LogP contribution in [0.4, 0.5) is 5.69 Å². The number of aryl methyl sites for hydroxylation is 3. The van der Waals surface area contributed by atoms with Gasteiger partial charge in [0.15, 0.2) is 0 Å². The Bertz CT molecular complexity index is 1330. The first kappa shape index (κ1) is 22.5. The van der Waals surface area contributed by atoms with E-state index in [1.807, 2.05) is 47.4 Å². The number of ether oxygens (including phenoxy) is 1. The van der Waals surface area contributed by atoms with Gasteiger partial charge in [0.1, 0.15) is 11.6 Å². The van der Waals surface area contributed by atoms with E-state index >= 15 is 0 Å². The van der Waals surface area contributed by atoms with Crippen LogP contribution in [-0.2, 0) is 11.3 Å². The number of imidazole rings is 1. The second kappa shape index (κ2) is 9.51. The smallest absolute Gasteiger partial charge is 0.227 e. The van der Waals surface area contributed by atoms with Crippen molar-refractivity contribution in [3.05, 3.63) is 88.7 Å². The van der Waals surface area contributed by atoms with E-state index in [1.54, 1.807) is 0 Å². The Balaban J connectivity index is 1.34. The van der Waals surface area contributed by atoms with Crippen molar-refractivity contribution in [3.8, 4) is 5.75 Å². The van der Waals surface area contributed by atoms with Crippen molar-refractivity contribution >= 4 is 34.2 Å². The molecular weight excluding hydrogens is 446 g/mol.